The minimum absolute atomic E-state index is 0.171. The van der Waals surface area contributed by atoms with E-state index in [2.05, 4.69) is 111 Å². The monoisotopic (exact) mass is 454 g/mol. The molecule has 0 radical (unpaired) electrons. The van der Waals surface area contributed by atoms with Crippen LogP contribution in [-0.4, -0.2) is 13.1 Å². The fourth-order valence-corrected chi connectivity index (χ4v) is 5.91. The van der Waals surface area contributed by atoms with Crippen molar-refractivity contribution in [3.63, 3.8) is 0 Å². The van der Waals surface area contributed by atoms with Crippen LogP contribution < -0.4 is 15.9 Å². The van der Waals surface area contributed by atoms with Gasteiger partial charge in [-0.2, -0.15) is 0 Å². The second-order valence-corrected chi connectivity index (χ2v) is 10.6. The smallest absolute Gasteiger partial charge is 0.330 e. The number of benzene rings is 3. The number of hydrogen-bond acceptors (Lipinski definition) is 2. The van der Waals surface area contributed by atoms with Gasteiger partial charge < -0.3 is 4.74 Å². The molecule has 0 unspecified atom stereocenters. The molecule has 0 spiro atoms. The van der Waals surface area contributed by atoms with E-state index in [1.807, 2.05) is 12.2 Å². The third kappa shape index (κ3) is 6.88. The minimum Gasteiger partial charge on any atom is -0.466 e. The standard InChI is InChI=1S/C30H31O2P/c1-5-30(2,3)21-20-24(23-29(31)32-4)22-25-14-12-13-19-28(25)33(26-15-8-6-9-16-26)27-17-10-7-11-18-27/h5-21,23H,1,22H2,2-4H3/b21-20+,24-23+. The molecule has 3 heteroatoms. The average Bonchev–Trinajstić information content (AvgIpc) is 2.85. The lowest BCUT2D eigenvalue weighted by molar-refractivity contribution is -0.134. The summed E-state index contributed by atoms with van der Waals surface area (Å²) in [5.74, 6) is -0.350. The highest BCUT2D eigenvalue weighted by molar-refractivity contribution is 7.79. The average molecular weight is 455 g/mol. The molecule has 0 saturated heterocycles. The van der Waals surface area contributed by atoms with E-state index in [1.54, 1.807) is 6.08 Å². The summed E-state index contributed by atoms with van der Waals surface area (Å²) in [6.45, 7) is 8.09. The van der Waals surface area contributed by atoms with Crippen molar-refractivity contribution in [2.45, 2.75) is 20.3 Å². The molecule has 0 N–H and O–H groups in total. The molecule has 168 valence electrons. The van der Waals surface area contributed by atoms with Crippen LogP contribution in [0.25, 0.3) is 0 Å². The lowest BCUT2D eigenvalue weighted by Gasteiger charge is -2.22. The molecule has 0 aromatic heterocycles. The van der Waals surface area contributed by atoms with Crippen molar-refractivity contribution < 1.29 is 9.53 Å². The first-order chi connectivity index (χ1) is 15.9. The maximum absolute atomic E-state index is 12.1. The molecular weight excluding hydrogens is 423 g/mol. The molecule has 3 aromatic rings. The summed E-state index contributed by atoms with van der Waals surface area (Å²) in [7, 11) is 0.669. The van der Waals surface area contributed by atoms with E-state index < -0.39 is 7.92 Å². The van der Waals surface area contributed by atoms with E-state index in [1.165, 1.54) is 28.6 Å². The van der Waals surface area contributed by atoms with Gasteiger partial charge in [-0.25, -0.2) is 4.79 Å². The molecule has 0 aliphatic rings. The van der Waals surface area contributed by atoms with Gasteiger partial charge in [0.2, 0.25) is 0 Å². The van der Waals surface area contributed by atoms with Crippen molar-refractivity contribution in [3.8, 4) is 0 Å². The first-order valence-corrected chi connectivity index (χ1v) is 12.4. The summed E-state index contributed by atoms with van der Waals surface area (Å²) < 4.78 is 4.93. The summed E-state index contributed by atoms with van der Waals surface area (Å²) in [4.78, 5) is 12.1. The molecule has 0 fully saturated rings. The van der Waals surface area contributed by atoms with Crippen molar-refractivity contribution in [2.75, 3.05) is 7.11 Å². The predicted octanol–water partition coefficient (Wildman–Crippen LogP) is 5.86. The molecule has 3 rings (SSSR count). The molecule has 3 aromatic carbocycles. The Balaban J connectivity index is 2.08. The van der Waals surface area contributed by atoms with E-state index >= 15 is 0 Å². The highest BCUT2D eigenvalue weighted by Gasteiger charge is 2.19. The van der Waals surface area contributed by atoms with Gasteiger partial charge >= 0.3 is 5.97 Å². The van der Waals surface area contributed by atoms with Crippen LogP contribution in [0.5, 0.6) is 0 Å². The molecule has 2 nitrogen and oxygen atoms in total. The Morgan fingerprint density at radius 3 is 2.00 bits per heavy atom. The van der Waals surface area contributed by atoms with Crippen LogP contribution in [-0.2, 0) is 16.0 Å². The zero-order valence-corrected chi connectivity index (χ0v) is 20.5. The molecule has 0 saturated carbocycles. The molecule has 33 heavy (non-hydrogen) atoms. The topological polar surface area (TPSA) is 26.3 Å². The Hall–Kier alpha value is -3.22. The third-order valence-corrected chi connectivity index (χ3v) is 7.96. The maximum atomic E-state index is 12.1. The van der Waals surface area contributed by atoms with Gasteiger partial charge in [0, 0.05) is 11.5 Å². The number of carbonyl (C=O) groups excluding carboxylic acids is 1. The molecule has 0 aliphatic heterocycles. The van der Waals surface area contributed by atoms with Crippen molar-refractivity contribution in [1.29, 1.82) is 0 Å². The Labute approximate surface area is 199 Å². The molecule has 0 aliphatic carbocycles. The Morgan fingerprint density at radius 1 is 0.909 bits per heavy atom. The van der Waals surface area contributed by atoms with Gasteiger partial charge in [0.25, 0.3) is 0 Å². The SMILES string of the molecule is C=CC(C)(C)/C=C/C(=C\C(=O)OC)Cc1ccccc1P(c1ccccc1)c1ccccc1. The van der Waals surface area contributed by atoms with Crippen LogP contribution in [0, 0.1) is 5.41 Å². The van der Waals surface area contributed by atoms with E-state index in [-0.39, 0.29) is 11.4 Å². The van der Waals surface area contributed by atoms with Crippen LogP contribution in [0.15, 0.2) is 121 Å². The van der Waals surface area contributed by atoms with E-state index in [0.29, 0.717) is 6.42 Å². The largest absolute Gasteiger partial charge is 0.466 e. The van der Waals surface area contributed by atoms with E-state index in [4.69, 9.17) is 4.74 Å². The molecular formula is C30H31O2P. The normalized spacial score (nSPS) is 12.2. The van der Waals surface area contributed by atoms with Gasteiger partial charge in [0.05, 0.1) is 7.11 Å². The lowest BCUT2D eigenvalue weighted by atomic mass is 9.91. The van der Waals surface area contributed by atoms with Gasteiger partial charge in [-0.1, -0.05) is 117 Å². The third-order valence-electron chi connectivity index (χ3n) is 5.41. The number of ether oxygens (including phenoxy) is 1. The summed E-state index contributed by atoms with van der Waals surface area (Å²) in [5.41, 5.74) is 1.93. The van der Waals surface area contributed by atoms with E-state index in [9.17, 15) is 4.79 Å². The zero-order valence-electron chi connectivity index (χ0n) is 19.6. The number of allylic oxidation sites excluding steroid dienone is 4. The zero-order chi connectivity index (χ0) is 23.7. The summed E-state index contributed by atoms with van der Waals surface area (Å²) in [6, 6.07) is 29.8. The van der Waals surface area contributed by atoms with E-state index in [0.717, 1.165) is 5.57 Å². The summed E-state index contributed by atoms with van der Waals surface area (Å²) >= 11 is 0. The quantitative estimate of drug-likeness (QED) is 0.133. The summed E-state index contributed by atoms with van der Waals surface area (Å²) in [5, 5.41) is 3.89. The van der Waals surface area contributed by atoms with Crippen molar-refractivity contribution in [2.24, 2.45) is 5.41 Å². The molecule has 0 amide bonds. The summed E-state index contributed by atoms with van der Waals surface area (Å²) in [6.07, 6.45) is 8.21. The maximum Gasteiger partial charge on any atom is 0.330 e. The number of hydrogen-bond donors (Lipinski definition) is 0. The second-order valence-electron chi connectivity index (χ2n) is 8.41. The number of methoxy groups -OCH3 is 1. The Kier molecular flexibility index (Phi) is 8.58. The van der Waals surface area contributed by atoms with Crippen LogP contribution in [0.3, 0.4) is 0 Å². The van der Waals surface area contributed by atoms with Gasteiger partial charge in [0.15, 0.2) is 0 Å². The van der Waals surface area contributed by atoms with Crippen LogP contribution in [0.4, 0.5) is 0 Å². The number of esters is 1. The van der Waals surface area contributed by atoms with Crippen LogP contribution in [0.1, 0.15) is 19.4 Å². The Bertz CT molecular complexity index is 1090. The van der Waals surface area contributed by atoms with Gasteiger partial charge in [0.1, 0.15) is 0 Å². The molecule has 0 bridgehead atoms. The fraction of sp³-hybridized carbons (Fsp3) is 0.167. The van der Waals surface area contributed by atoms with Crippen molar-refractivity contribution in [1.82, 2.24) is 0 Å². The van der Waals surface area contributed by atoms with Gasteiger partial charge in [-0.3, -0.25) is 0 Å². The first kappa shape index (κ1) is 24.4. The second kappa shape index (κ2) is 11.6. The highest BCUT2D eigenvalue weighted by atomic mass is 31.1. The van der Waals surface area contributed by atoms with Crippen LogP contribution >= 0.6 is 7.92 Å². The van der Waals surface area contributed by atoms with Gasteiger partial charge in [-0.15, -0.1) is 6.58 Å². The number of carbonyl (C=O) groups is 1. The first-order valence-electron chi connectivity index (χ1n) is 11.0. The fourth-order valence-electron chi connectivity index (χ4n) is 3.44. The van der Waals surface area contributed by atoms with Crippen molar-refractivity contribution in [3.05, 3.63) is 127 Å². The molecule has 0 heterocycles. The highest BCUT2D eigenvalue weighted by Crippen LogP contribution is 2.34. The molecule has 0 atom stereocenters. The van der Waals surface area contributed by atoms with Gasteiger partial charge in [-0.05, 0) is 41.4 Å². The number of rotatable bonds is 9. The minimum atomic E-state index is -0.740. The Morgan fingerprint density at radius 2 is 1.45 bits per heavy atom. The predicted molar refractivity (Wildman–Crippen MR) is 142 cm³/mol. The van der Waals surface area contributed by atoms with Crippen molar-refractivity contribution >= 4 is 29.8 Å². The van der Waals surface area contributed by atoms with Crippen LogP contribution in [0.2, 0.25) is 0 Å². The lowest BCUT2D eigenvalue weighted by Crippen LogP contribution is -2.23.